The zero-order chi connectivity index (χ0) is 35.0. The number of allylic oxidation sites excluding steroid dienone is 6. The van der Waals surface area contributed by atoms with E-state index in [4.69, 9.17) is 9.84 Å². The molecule has 0 saturated heterocycles. The van der Waals surface area contributed by atoms with Crippen molar-refractivity contribution in [2.75, 3.05) is 0 Å². The molecule has 4 heteroatoms. The van der Waals surface area contributed by atoms with Crippen LogP contribution in [0.4, 0.5) is 0 Å². The number of hydrogen-bond acceptors (Lipinski definition) is 3. The number of rotatable bonds is 38. The Labute approximate surface area is 299 Å². The Kier molecular flexibility index (Phi) is 38.1. The molecular weight excluding hydrogens is 592 g/mol. The highest BCUT2D eigenvalue weighted by molar-refractivity contribution is 5.69. The SMILES string of the molecule is CCCCC/C=C\C/C=C\CCCC/C=C\CCCCCCCC(=O)OC(CCCCCCCCCCCC)CCCCCCC(=O)O. The second-order valence-corrected chi connectivity index (χ2v) is 14.2. The highest BCUT2D eigenvalue weighted by atomic mass is 16.5. The van der Waals surface area contributed by atoms with Crippen LogP contribution in [0.15, 0.2) is 36.5 Å². The van der Waals surface area contributed by atoms with Gasteiger partial charge in [-0.3, -0.25) is 9.59 Å². The molecule has 0 saturated carbocycles. The lowest BCUT2D eigenvalue weighted by molar-refractivity contribution is -0.150. The van der Waals surface area contributed by atoms with Crippen molar-refractivity contribution in [2.45, 2.75) is 232 Å². The number of hydrogen-bond donors (Lipinski definition) is 1. The Morgan fingerprint density at radius 1 is 0.458 bits per heavy atom. The normalized spacial score (nSPS) is 12.5. The number of esters is 1. The van der Waals surface area contributed by atoms with Crippen molar-refractivity contribution < 1.29 is 19.4 Å². The van der Waals surface area contributed by atoms with Crippen LogP contribution in [0.25, 0.3) is 0 Å². The molecule has 0 aromatic rings. The summed E-state index contributed by atoms with van der Waals surface area (Å²) in [6, 6.07) is 0. The fraction of sp³-hybridized carbons (Fsp3) is 0.818. The summed E-state index contributed by atoms with van der Waals surface area (Å²) in [5.41, 5.74) is 0. The second kappa shape index (κ2) is 39.6. The molecule has 1 N–H and O–H groups in total. The van der Waals surface area contributed by atoms with Crippen molar-refractivity contribution in [3.63, 3.8) is 0 Å². The number of carboxylic acid groups (broad SMARTS) is 1. The maximum absolute atomic E-state index is 12.6. The van der Waals surface area contributed by atoms with Crippen LogP contribution in [-0.2, 0) is 14.3 Å². The van der Waals surface area contributed by atoms with Gasteiger partial charge >= 0.3 is 11.9 Å². The molecule has 0 aromatic heterocycles. The van der Waals surface area contributed by atoms with E-state index in [0.717, 1.165) is 64.2 Å². The maximum Gasteiger partial charge on any atom is 0.306 e. The molecule has 0 aromatic carbocycles. The average Bonchev–Trinajstić information content (AvgIpc) is 3.07. The van der Waals surface area contributed by atoms with Gasteiger partial charge in [0.15, 0.2) is 0 Å². The molecule has 0 aliphatic carbocycles. The lowest BCUT2D eigenvalue weighted by Gasteiger charge is -2.18. The largest absolute Gasteiger partial charge is 0.481 e. The molecule has 1 unspecified atom stereocenters. The summed E-state index contributed by atoms with van der Waals surface area (Å²) >= 11 is 0. The molecule has 4 nitrogen and oxygen atoms in total. The van der Waals surface area contributed by atoms with E-state index in [1.807, 2.05) is 0 Å². The first-order chi connectivity index (χ1) is 23.6. The van der Waals surface area contributed by atoms with E-state index in [1.165, 1.54) is 135 Å². The zero-order valence-corrected chi connectivity index (χ0v) is 32.0. The van der Waals surface area contributed by atoms with Gasteiger partial charge in [0.25, 0.3) is 0 Å². The minimum atomic E-state index is -0.711. The fourth-order valence-electron chi connectivity index (χ4n) is 6.21. The standard InChI is InChI=1S/C44H80O4/c1-3-5-7-9-11-13-15-16-17-18-19-20-21-22-23-24-25-27-29-31-37-41-44(47)48-42(39-35-32-33-36-40-43(45)46)38-34-30-28-26-14-12-10-8-6-4-2/h11,13,16-17,22-23,42H,3-10,12,14-15,18-21,24-41H2,1-2H3,(H,45,46)/b13-11-,17-16-,23-22-. The summed E-state index contributed by atoms with van der Waals surface area (Å²) in [5.74, 6) is -0.734. The second-order valence-electron chi connectivity index (χ2n) is 14.2. The molecule has 0 amide bonds. The summed E-state index contributed by atoms with van der Waals surface area (Å²) in [4.78, 5) is 23.4. The van der Waals surface area contributed by atoms with Crippen molar-refractivity contribution in [3.8, 4) is 0 Å². The van der Waals surface area contributed by atoms with Gasteiger partial charge < -0.3 is 9.84 Å². The zero-order valence-electron chi connectivity index (χ0n) is 32.0. The number of unbranched alkanes of at least 4 members (excludes halogenated alkanes) is 23. The van der Waals surface area contributed by atoms with Crippen LogP contribution >= 0.6 is 0 Å². The topological polar surface area (TPSA) is 63.6 Å². The van der Waals surface area contributed by atoms with Crippen LogP contribution in [0, 0.1) is 0 Å². The third-order valence-electron chi connectivity index (χ3n) is 9.33. The van der Waals surface area contributed by atoms with Crippen molar-refractivity contribution in [1.29, 1.82) is 0 Å². The number of aliphatic carboxylic acids is 1. The van der Waals surface area contributed by atoms with Gasteiger partial charge in [-0.2, -0.15) is 0 Å². The summed E-state index contributed by atoms with van der Waals surface area (Å²) < 4.78 is 5.97. The highest BCUT2D eigenvalue weighted by Crippen LogP contribution is 2.19. The fourth-order valence-corrected chi connectivity index (χ4v) is 6.21. The van der Waals surface area contributed by atoms with Gasteiger partial charge in [-0.1, -0.05) is 153 Å². The third kappa shape index (κ3) is 38.6. The van der Waals surface area contributed by atoms with E-state index >= 15 is 0 Å². The Hall–Kier alpha value is -1.84. The molecule has 0 heterocycles. The van der Waals surface area contributed by atoms with E-state index in [9.17, 15) is 9.59 Å². The first-order valence-electron chi connectivity index (χ1n) is 21.0. The Morgan fingerprint density at radius 2 is 0.812 bits per heavy atom. The quantitative estimate of drug-likeness (QED) is 0.0403. The first kappa shape index (κ1) is 46.2. The van der Waals surface area contributed by atoms with Gasteiger partial charge in [0.2, 0.25) is 0 Å². The Morgan fingerprint density at radius 3 is 1.31 bits per heavy atom. The minimum absolute atomic E-state index is 0.0222. The molecule has 280 valence electrons. The molecule has 0 aliphatic rings. The van der Waals surface area contributed by atoms with E-state index < -0.39 is 5.97 Å². The molecular formula is C44H80O4. The van der Waals surface area contributed by atoms with Gasteiger partial charge in [-0.05, 0) is 96.3 Å². The van der Waals surface area contributed by atoms with Gasteiger partial charge in [-0.25, -0.2) is 0 Å². The molecule has 1 atom stereocenters. The summed E-state index contributed by atoms with van der Waals surface area (Å²) in [5, 5.41) is 8.85. The lowest BCUT2D eigenvalue weighted by Crippen LogP contribution is -2.18. The lowest BCUT2D eigenvalue weighted by atomic mass is 10.0. The molecule has 0 bridgehead atoms. The Balaban J connectivity index is 3.92. The van der Waals surface area contributed by atoms with Crippen LogP contribution in [0.2, 0.25) is 0 Å². The molecule has 0 radical (unpaired) electrons. The molecule has 0 fully saturated rings. The highest BCUT2D eigenvalue weighted by Gasteiger charge is 2.14. The van der Waals surface area contributed by atoms with Crippen LogP contribution < -0.4 is 0 Å². The van der Waals surface area contributed by atoms with Gasteiger partial charge in [-0.15, -0.1) is 0 Å². The predicted octanol–water partition coefficient (Wildman–Crippen LogP) is 14.6. The van der Waals surface area contributed by atoms with E-state index in [0.29, 0.717) is 6.42 Å². The van der Waals surface area contributed by atoms with Crippen LogP contribution in [0.3, 0.4) is 0 Å². The molecule has 0 aliphatic heterocycles. The van der Waals surface area contributed by atoms with Gasteiger partial charge in [0.05, 0.1) is 0 Å². The number of carboxylic acids is 1. The smallest absolute Gasteiger partial charge is 0.306 e. The van der Waals surface area contributed by atoms with E-state index in [2.05, 4.69) is 50.3 Å². The average molecular weight is 673 g/mol. The minimum Gasteiger partial charge on any atom is -0.481 e. The number of carbonyl (C=O) groups is 2. The summed E-state index contributed by atoms with van der Waals surface area (Å²) in [7, 11) is 0. The van der Waals surface area contributed by atoms with Crippen molar-refractivity contribution in [3.05, 3.63) is 36.5 Å². The van der Waals surface area contributed by atoms with E-state index in [1.54, 1.807) is 0 Å². The van der Waals surface area contributed by atoms with Crippen LogP contribution in [0.1, 0.15) is 226 Å². The summed E-state index contributed by atoms with van der Waals surface area (Å²) in [6.07, 6.45) is 51.7. The molecule has 48 heavy (non-hydrogen) atoms. The summed E-state index contributed by atoms with van der Waals surface area (Å²) in [6.45, 7) is 4.52. The van der Waals surface area contributed by atoms with Crippen LogP contribution in [-0.4, -0.2) is 23.1 Å². The molecule has 0 spiro atoms. The van der Waals surface area contributed by atoms with Gasteiger partial charge in [0, 0.05) is 12.8 Å². The third-order valence-corrected chi connectivity index (χ3v) is 9.33. The monoisotopic (exact) mass is 673 g/mol. The first-order valence-corrected chi connectivity index (χ1v) is 21.0. The van der Waals surface area contributed by atoms with E-state index in [-0.39, 0.29) is 18.5 Å². The van der Waals surface area contributed by atoms with Gasteiger partial charge in [0.1, 0.15) is 6.10 Å². The van der Waals surface area contributed by atoms with Crippen molar-refractivity contribution in [2.24, 2.45) is 0 Å². The maximum atomic E-state index is 12.6. The Bertz CT molecular complexity index is 768. The number of ether oxygens (including phenoxy) is 1. The van der Waals surface area contributed by atoms with Crippen LogP contribution in [0.5, 0.6) is 0 Å². The number of carbonyl (C=O) groups excluding carboxylic acids is 1. The molecule has 0 rings (SSSR count). The predicted molar refractivity (Wildman–Crippen MR) is 209 cm³/mol. The van der Waals surface area contributed by atoms with Crippen molar-refractivity contribution >= 4 is 11.9 Å². The van der Waals surface area contributed by atoms with Crippen molar-refractivity contribution in [1.82, 2.24) is 0 Å².